The Morgan fingerprint density at radius 1 is 1.32 bits per heavy atom. The van der Waals surface area contributed by atoms with Gasteiger partial charge >= 0.3 is 5.97 Å². The molecule has 0 aliphatic rings. The highest BCUT2D eigenvalue weighted by atomic mass is 19.1. The number of hydrogen-bond acceptors (Lipinski definition) is 4. The van der Waals surface area contributed by atoms with E-state index in [4.69, 9.17) is 4.74 Å². The minimum Gasteiger partial charge on any atom is -0.461 e. The molecule has 0 bridgehead atoms. The Morgan fingerprint density at radius 2 is 2.00 bits per heavy atom. The van der Waals surface area contributed by atoms with Crippen LogP contribution in [0.15, 0.2) is 24.3 Å². The fourth-order valence-electron chi connectivity index (χ4n) is 1.76. The van der Waals surface area contributed by atoms with Crippen molar-refractivity contribution in [2.75, 3.05) is 6.61 Å². The van der Waals surface area contributed by atoms with E-state index in [0.717, 1.165) is 0 Å². The maximum absolute atomic E-state index is 13.0. The molecule has 0 spiro atoms. The smallest absolute Gasteiger partial charge is 0.361 e. The molecule has 5 nitrogen and oxygen atoms in total. The van der Waals surface area contributed by atoms with Crippen LogP contribution >= 0.6 is 0 Å². The Kier molecular flexibility index (Phi) is 3.89. The van der Waals surface area contributed by atoms with Crippen LogP contribution < -0.4 is 0 Å². The zero-order valence-corrected chi connectivity index (χ0v) is 10.8. The summed E-state index contributed by atoms with van der Waals surface area (Å²) in [6, 6.07) is 5.83. The van der Waals surface area contributed by atoms with Crippen molar-refractivity contribution in [3.05, 3.63) is 35.8 Å². The molecule has 0 saturated carbocycles. The molecule has 2 rings (SSSR count). The largest absolute Gasteiger partial charge is 0.461 e. The van der Waals surface area contributed by atoms with E-state index < -0.39 is 5.97 Å². The second kappa shape index (κ2) is 5.60. The van der Waals surface area contributed by atoms with E-state index in [1.54, 1.807) is 23.7 Å². The van der Waals surface area contributed by atoms with Gasteiger partial charge in [-0.3, -0.25) is 0 Å². The van der Waals surface area contributed by atoms with Gasteiger partial charge < -0.3 is 4.74 Å². The summed E-state index contributed by atoms with van der Waals surface area (Å²) in [4.78, 5) is 11.8. The summed E-state index contributed by atoms with van der Waals surface area (Å²) < 4.78 is 19.5. The lowest BCUT2D eigenvalue weighted by Gasteiger charge is -2.06. The summed E-state index contributed by atoms with van der Waals surface area (Å²) in [6.45, 7) is 4.43. The first-order valence-electron chi connectivity index (χ1n) is 6.03. The van der Waals surface area contributed by atoms with E-state index >= 15 is 0 Å². The first-order valence-corrected chi connectivity index (χ1v) is 6.03. The van der Waals surface area contributed by atoms with Crippen molar-refractivity contribution in [3.63, 3.8) is 0 Å². The van der Waals surface area contributed by atoms with E-state index in [-0.39, 0.29) is 18.1 Å². The molecule has 1 heterocycles. The Balaban J connectivity index is 2.50. The molecule has 0 amide bonds. The van der Waals surface area contributed by atoms with Crippen molar-refractivity contribution in [1.82, 2.24) is 15.0 Å². The van der Waals surface area contributed by atoms with Crippen LogP contribution in [-0.4, -0.2) is 27.6 Å². The van der Waals surface area contributed by atoms with Crippen LogP contribution in [-0.2, 0) is 11.3 Å². The van der Waals surface area contributed by atoms with Crippen LogP contribution in [0.25, 0.3) is 11.3 Å². The third kappa shape index (κ3) is 2.62. The number of nitrogens with zero attached hydrogens (tertiary/aromatic N) is 3. The van der Waals surface area contributed by atoms with Gasteiger partial charge in [-0.1, -0.05) is 5.21 Å². The molecule has 100 valence electrons. The van der Waals surface area contributed by atoms with Gasteiger partial charge in [-0.25, -0.2) is 13.9 Å². The van der Waals surface area contributed by atoms with Crippen molar-refractivity contribution in [1.29, 1.82) is 0 Å². The average molecular weight is 263 g/mol. The topological polar surface area (TPSA) is 57.0 Å². The zero-order chi connectivity index (χ0) is 13.8. The highest BCUT2D eigenvalue weighted by Crippen LogP contribution is 2.23. The van der Waals surface area contributed by atoms with Crippen molar-refractivity contribution < 1.29 is 13.9 Å². The number of aromatic nitrogens is 3. The van der Waals surface area contributed by atoms with E-state index in [9.17, 15) is 9.18 Å². The molecule has 0 fully saturated rings. The summed E-state index contributed by atoms with van der Waals surface area (Å²) in [5, 5.41) is 7.76. The van der Waals surface area contributed by atoms with Gasteiger partial charge in [0.25, 0.3) is 0 Å². The molecule has 0 N–H and O–H groups in total. The monoisotopic (exact) mass is 263 g/mol. The van der Waals surface area contributed by atoms with Crippen LogP contribution in [0.1, 0.15) is 24.3 Å². The molecule has 19 heavy (non-hydrogen) atoms. The van der Waals surface area contributed by atoms with Gasteiger partial charge in [0.15, 0.2) is 5.69 Å². The van der Waals surface area contributed by atoms with Crippen LogP contribution in [0.3, 0.4) is 0 Å². The number of benzene rings is 1. The normalized spacial score (nSPS) is 10.5. The maximum atomic E-state index is 13.0. The second-order valence-corrected chi connectivity index (χ2v) is 3.83. The molecule has 1 aromatic carbocycles. The number of ether oxygens (including phenoxy) is 1. The standard InChI is InChI=1S/C13H14FN3O2/c1-3-17-12(9-5-7-10(14)8-6-9)11(15-16-17)13(18)19-4-2/h5-8H,3-4H2,1-2H3. The van der Waals surface area contributed by atoms with Crippen LogP contribution in [0.4, 0.5) is 4.39 Å². The molecular formula is C13H14FN3O2. The van der Waals surface area contributed by atoms with Gasteiger partial charge in [0.1, 0.15) is 11.5 Å². The Hall–Kier alpha value is -2.24. The Morgan fingerprint density at radius 3 is 2.58 bits per heavy atom. The van der Waals surface area contributed by atoms with Gasteiger partial charge in [0, 0.05) is 12.1 Å². The molecule has 0 radical (unpaired) electrons. The molecule has 2 aromatic rings. The summed E-state index contributed by atoms with van der Waals surface area (Å²) in [5.74, 6) is -0.863. The molecule has 0 saturated heterocycles. The third-order valence-corrected chi connectivity index (χ3v) is 2.62. The number of carbonyl (C=O) groups excluding carboxylic acids is 1. The first kappa shape index (κ1) is 13.2. The number of carbonyl (C=O) groups is 1. The van der Waals surface area contributed by atoms with Crippen LogP contribution in [0, 0.1) is 5.82 Å². The SMILES string of the molecule is CCOC(=O)c1nnn(CC)c1-c1ccc(F)cc1. The van der Waals surface area contributed by atoms with Gasteiger partial charge in [-0.15, -0.1) is 5.10 Å². The predicted molar refractivity (Wildman–Crippen MR) is 67.0 cm³/mol. The second-order valence-electron chi connectivity index (χ2n) is 3.83. The van der Waals surface area contributed by atoms with Crippen LogP contribution in [0.5, 0.6) is 0 Å². The molecule has 0 aliphatic carbocycles. The van der Waals surface area contributed by atoms with Crippen molar-refractivity contribution in [2.24, 2.45) is 0 Å². The molecule has 0 atom stereocenters. The fraction of sp³-hybridized carbons (Fsp3) is 0.308. The summed E-state index contributed by atoms with van der Waals surface area (Å²) >= 11 is 0. The highest BCUT2D eigenvalue weighted by molar-refractivity contribution is 5.94. The van der Waals surface area contributed by atoms with Gasteiger partial charge in [-0.2, -0.15) is 0 Å². The quantitative estimate of drug-likeness (QED) is 0.794. The first-order chi connectivity index (χ1) is 9.17. The lowest BCUT2D eigenvalue weighted by atomic mass is 10.1. The number of aryl methyl sites for hydroxylation is 1. The van der Waals surface area contributed by atoms with E-state index in [1.165, 1.54) is 12.1 Å². The molecule has 1 aromatic heterocycles. The van der Waals surface area contributed by atoms with Crippen molar-refractivity contribution in [2.45, 2.75) is 20.4 Å². The number of hydrogen-bond donors (Lipinski definition) is 0. The lowest BCUT2D eigenvalue weighted by molar-refractivity contribution is 0.0520. The average Bonchev–Trinajstić information content (AvgIpc) is 2.83. The third-order valence-electron chi connectivity index (χ3n) is 2.62. The molecule has 6 heteroatoms. The fourth-order valence-corrected chi connectivity index (χ4v) is 1.76. The van der Waals surface area contributed by atoms with Crippen molar-refractivity contribution in [3.8, 4) is 11.3 Å². The highest BCUT2D eigenvalue weighted by Gasteiger charge is 2.21. The zero-order valence-electron chi connectivity index (χ0n) is 10.8. The lowest BCUT2D eigenvalue weighted by Crippen LogP contribution is -2.08. The molecular weight excluding hydrogens is 249 g/mol. The number of halogens is 1. The van der Waals surface area contributed by atoms with Gasteiger partial charge in [0.05, 0.1) is 6.61 Å². The summed E-state index contributed by atoms with van der Waals surface area (Å²) in [5.41, 5.74) is 1.37. The summed E-state index contributed by atoms with van der Waals surface area (Å²) in [6.07, 6.45) is 0. The van der Waals surface area contributed by atoms with Crippen molar-refractivity contribution >= 4 is 5.97 Å². The molecule has 0 aliphatic heterocycles. The van der Waals surface area contributed by atoms with E-state index in [0.29, 0.717) is 17.8 Å². The summed E-state index contributed by atoms with van der Waals surface area (Å²) in [7, 11) is 0. The van der Waals surface area contributed by atoms with E-state index in [1.807, 2.05) is 6.92 Å². The molecule has 0 unspecified atom stereocenters. The van der Waals surface area contributed by atoms with Crippen LogP contribution in [0.2, 0.25) is 0 Å². The minimum atomic E-state index is -0.526. The Labute approximate surface area is 110 Å². The minimum absolute atomic E-state index is 0.148. The number of rotatable bonds is 4. The number of esters is 1. The van der Waals surface area contributed by atoms with Gasteiger partial charge in [-0.05, 0) is 38.1 Å². The maximum Gasteiger partial charge on any atom is 0.361 e. The van der Waals surface area contributed by atoms with E-state index in [2.05, 4.69) is 10.3 Å². The van der Waals surface area contributed by atoms with Gasteiger partial charge in [0.2, 0.25) is 0 Å². The Bertz CT molecular complexity index is 578. The predicted octanol–water partition coefficient (Wildman–Crippen LogP) is 2.28.